The quantitative estimate of drug-likeness (QED) is 0.636. The van der Waals surface area contributed by atoms with Crippen LogP contribution in [0, 0.1) is 5.82 Å². The number of benzene rings is 2. The Bertz CT molecular complexity index is 652. The molecular formula is C15H11BrCl2FN. The Morgan fingerprint density at radius 1 is 1.15 bits per heavy atom. The molecule has 2 aromatic rings. The minimum absolute atomic E-state index is 0.0361. The standard InChI is InChI=1S/C15H11BrCl2FN/c16-9-2-3-11-8(5-9)1-4-14(11)20-10-6-12(17)15(19)13(18)7-10/h2-3,5-7,14,20H,1,4H2. The topological polar surface area (TPSA) is 12.0 Å². The van der Waals surface area contributed by atoms with E-state index in [-0.39, 0.29) is 16.1 Å². The number of nitrogens with one attached hydrogen (secondary N) is 1. The predicted octanol–water partition coefficient (Wildman–Crippen LogP) is 5.99. The van der Waals surface area contributed by atoms with Gasteiger partial charge in [0.05, 0.1) is 16.1 Å². The van der Waals surface area contributed by atoms with E-state index < -0.39 is 5.82 Å². The maximum atomic E-state index is 13.4. The van der Waals surface area contributed by atoms with Crippen LogP contribution < -0.4 is 5.32 Å². The molecule has 20 heavy (non-hydrogen) atoms. The summed E-state index contributed by atoms with van der Waals surface area (Å²) in [5.74, 6) is -0.574. The maximum absolute atomic E-state index is 13.4. The van der Waals surface area contributed by atoms with Crippen molar-refractivity contribution >= 4 is 44.8 Å². The third-order valence-electron chi connectivity index (χ3n) is 3.51. The van der Waals surface area contributed by atoms with E-state index in [4.69, 9.17) is 23.2 Å². The highest BCUT2D eigenvalue weighted by Crippen LogP contribution is 2.36. The van der Waals surface area contributed by atoms with Crippen molar-refractivity contribution in [1.82, 2.24) is 0 Å². The van der Waals surface area contributed by atoms with Crippen LogP contribution in [0.1, 0.15) is 23.6 Å². The third kappa shape index (κ3) is 2.67. The number of anilines is 1. The van der Waals surface area contributed by atoms with Gasteiger partial charge in [-0.3, -0.25) is 0 Å². The number of hydrogen-bond donors (Lipinski definition) is 1. The van der Waals surface area contributed by atoms with Crippen LogP contribution in [0.5, 0.6) is 0 Å². The van der Waals surface area contributed by atoms with E-state index in [1.54, 1.807) is 12.1 Å². The first-order chi connectivity index (χ1) is 9.54. The molecule has 0 heterocycles. The molecule has 1 aliphatic carbocycles. The van der Waals surface area contributed by atoms with Crippen molar-refractivity contribution < 1.29 is 4.39 Å². The molecule has 0 fully saturated rings. The van der Waals surface area contributed by atoms with E-state index in [1.165, 1.54) is 11.1 Å². The molecule has 0 saturated heterocycles. The molecule has 0 spiro atoms. The monoisotopic (exact) mass is 373 g/mol. The lowest BCUT2D eigenvalue weighted by molar-refractivity contribution is 0.628. The molecule has 1 nitrogen and oxygen atoms in total. The SMILES string of the molecule is Fc1c(Cl)cc(NC2CCc3cc(Br)ccc32)cc1Cl. The molecule has 1 atom stereocenters. The van der Waals surface area contributed by atoms with Crippen LogP contribution >= 0.6 is 39.1 Å². The second-order valence-corrected chi connectivity index (χ2v) is 6.56. The minimum Gasteiger partial charge on any atom is -0.378 e. The van der Waals surface area contributed by atoms with Crippen LogP contribution in [-0.4, -0.2) is 0 Å². The molecule has 1 unspecified atom stereocenters. The normalized spacial score (nSPS) is 17.1. The maximum Gasteiger partial charge on any atom is 0.160 e. The van der Waals surface area contributed by atoms with Gasteiger partial charge in [-0.1, -0.05) is 45.2 Å². The minimum atomic E-state index is -0.574. The second-order valence-electron chi connectivity index (χ2n) is 4.83. The summed E-state index contributed by atoms with van der Waals surface area (Å²) >= 11 is 15.1. The van der Waals surface area contributed by atoms with Crippen LogP contribution in [0.25, 0.3) is 0 Å². The molecule has 0 amide bonds. The van der Waals surface area contributed by atoms with E-state index in [2.05, 4.69) is 33.4 Å². The van der Waals surface area contributed by atoms with Crippen LogP contribution in [0.2, 0.25) is 10.0 Å². The largest absolute Gasteiger partial charge is 0.378 e. The van der Waals surface area contributed by atoms with Gasteiger partial charge in [0.2, 0.25) is 0 Å². The molecule has 2 aromatic carbocycles. The fraction of sp³-hybridized carbons (Fsp3) is 0.200. The van der Waals surface area contributed by atoms with Gasteiger partial charge in [0.15, 0.2) is 5.82 Å². The summed E-state index contributed by atoms with van der Waals surface area (Å²) in [6.07, 6.45) is 2.02. The lowest BCUT2D eigenvalue weighted by Crippen LogP contribution is -2.07. The molecule has 0 saturated carbocycles. The molecule has 0 aromatic heterocycles. The zero-order chi connectivity index (χ0) is 14.3. The van der Waals surface area contributed by atoms with Crippen molar-refractivity contribution in [1.29, 1.82) is 0 Å². The molecule has 0 aliphatic heterocycles. The molecule has 0 bridgehead atoms. The van der Waals surface area contributed by atoms with Gasteiger partial charge >= 0.3 is 0 Å². The van der Waals surface area contributed by atoms with Crippen molar-refractivity contribution in [3.05, 3.63) is 61.8 Å². The van der Waals surface area contributed by atoms with Crippen molar-refractivity contribution in [3.63, 3.8) is 0 Å². The number of hydrogen-bond acceptors (Lipinski definition) is 1. The fourth-order valence-electron chi connectivity index (χ4n) is 2.58. The Hall–Kier alpha value is -0.770. The zero-order valence-corrected chi connectivity index (χ0v) is 13.5. The Balaban J connectivity index is 1.87. The van der Waals surface area contributed by atoms with Gasteiger partial charge < -0.3 is 5.32 Å². The molecule has 3 rings (SSSR count). The summed E-state index contributed by atoms with van der Waals surface area (Å²) in [6.45, 7) is 0. The molecule has 1 aliphatic rings. The van der Waals surface area contributed by atoms with Crippen molar-refractivity contribution in [2.45, 2.75) is 18.9 Å². The van der Waals surface area contributed by atoms with Gasteiger partial charge in [0.25, 0.3) is 0 Å². The van der Waals surface area contributed by atoms with Gasteiger partial charge in [0.1, 0.15) is 0 Å². The first-order valence-electron chi connectivity index (χ1n) is 6.24. The average molecular weight is 375 g/mol. The fourth-order valence-corrected chi connectivity index (χ4v) is 3.47. The summed E-state index contributed by atoms with van der Waals surface area (Å²) < 4.78 is 14.5. The van der Waals surface area contributed by atoms with E-state index in [0.29, 0.717) is 0 Å². The third-order valence-corrected chi connectivity index (χ3v) is 4.55. The Morgan fingerprint density at radius 3 is 2.55 bits per heavy atom. The smallest absolute Gasteiger partial charge is 0.160 e. The average Bonchev–Trinajstić information content (AvgIpc) is 2.78. The van der Waals surface area contributed by atoms with E-state index >= 15 is 0 Å². The number of aryl methyl sites for hydroxylation is 1. The van der Waals surface area contributed by atoms with E-state index in [9.17, 15) is 4.39 Å². The number of fused-ring (bicyclic) bond motifs is 1. The molecular weight excluding hydrogens is 364 g/mol. The van der Waals surface area contributed by atoms with Gasteiger partial charge in [-0.15, -0.1) is 0 Å². The Kier molecular flexibility index (Phi) is 3.93. The van der Waals surface area contributed by atoms with Gasteiger partial charge in [-0.25, -0.2) is 4.39 Å². The van der Waals surface area contributed by atoms with Crippen molar-refractivity contribution in [2.75, 3.05) is 5.32 Å². The van der Waals surface area contributed by atoms with Gasteiger partial charge in [-0.2, -0.15) is 0 Å². The Morgan fingerprint density at radius 2 is 1.85 bits per heavy atom. The Labute approximate surface area is 135 Å². The lowest BCUT2D eigenvalue weighted by atomic mass is 10.1. The lowest BCUT2D eigenvalue weighted by Gasteiger charge is -2.16. The molecule has 1 N–H and O–H groups in total. The van der Waals surface area contributed by atoms with E-state index in [0.717, 1.165) is 23.0 Å². The molecule has 0 radical (unpaired) electrons. The summed E-state index contributed by atoms with van der Waals surface area (Å²) in [4.78, 5) is 0. The highest BCUT2D eigenvalue weighted by Gasteiger charge is 2.22. The summed E-state index contributed by atoms with van der Waals surface area (Å²) in [5, 5.41) is 3.45. The second kappa shape index (κ2) is 5.55. The predicted molar refractivity (Wildman–Crippen MR) is 85.2 cm³/mol. The number of halogens is 4. The highest BCUT2D eigenvalue weighted by molar-refractivity contribution is 9.10. The summed E-state index contributed by atoms with van der Waals surface area (Å²) in [7, 11) is 0. The van der Waals surface area contributed by atoms with Gasteiger partial charge in [0, 0.05) is 10.2 Å². The first kappa shape index (κ1) is 14.2. The molecule has 104 valence electrons. The van der Waals surface area contributed by atoms with Crippen molar-refractivity contribution in [2.24, 2.45) is 0 Å². The van der Waals surface area contributed by atoms with Crippen LogP contribution in [0.4, 0.5) is 10.1 Å². The van der Waals surface area contributed by atoms with E-state index in [1.807, 2.05) is 6.07 Å². The van der Waals surface area contributed by atoms with Crippen molar-refractivity contribution in [3.8, 4) is 0 Å². The van der Waals surface area contributed by atoms with Crippen LogP contribution in [0.15, 0.2) is 34.8 Å². The summed E-state index contributed by atoms with van der Waals surface area (Å²) in [6, 6.07) is 9.62. The van der Waals surface area contributed by atoms with Crippen LogP contribution in [-0.2, 0) is 6.42 Å². The van der Waals surface area contributed by atoms with Gasteiger partial charge in [-0.05, 0) is 48.2 Å². The van der Waals surface area contributed by atoms with Crippen LogP contribution in [0.3, 0.4) is 0 Å². The number of rotatable bonds is 2. The first-order valence-corrected chi connectivity index (χ1v) is 7.79. The zero-order valence-electron chi connectivity index (χ0n) is 10.4. The highest BCUT2D eigenvalue weighted by atomic mass is 79.9. The molecule has 5 heteroatoms. The summed E-state index contributed by atoms with van der Waals surface area (Å²) in [5.41, 5.74) is 3.34.